The van der Waals surface area contributed by atoms with Crippen molar-refractivity contribution in [3.63, 3.8) is 0 Å². The molecule has 1 aromatic carbocycles. The minimum atomic E-state index is -0.343. The zero-order chi connectivity index (χ0) is 13.7. The van der Waals surface area contributed by atoms with Gasteiger partial charge in [0.25, 0.3) is 0 Å². The van der Waals surface area contributed by atoms with Gasteiger partial charge in [-0.25, -0.2) is 0 Å². The van der Waals surface area contributed by atoms with Gasteiger partial charge in [-0.05, 0) is 30.7 Å². The first kappa shape index (κ1) is 14.4. The second kappa shape index (κ2) is 6.44. The Morgan fingerprint density at radius 3 is 2.68 bits per heavy atom. The Bertz CT molecular complexity index is 442. The maximum Gasteiger partial charge on any atom is 0.231 e. The Morgan fingerprint density at radius 1 is 1.37 bits per heavy atom. The third-order valence-electron chi connectivity index (χ3n) is 3.87. The molecule has 0 unspecified atom stereocenters. The Kier molecular flexibility index (Phi) is 4.88. The van der Waals surface area contributed by atoms with E-state index >= 15 is 0 Å². The smallest absolute Gasteiger partial charge is 0.231 e. The van der Waals surface area contributed by atoms with Crippen molar-refractivity contribution >= 4 is 23.4 Å². The summed E-state index contributed by atoms with van der Waals surface area (Å²) in [7, 11) is 0. The van der Waals surface area contributed by atoms with Crippen LogP contribution in [0.25, 0.3) is 0 Å². The Balaban J connectivity index is 2.14. The van der Waals surface area contributed by atoms with Gasteiger partial charge in [0.1, 0.15) is 0 Å². The van der Waals surface area contributed by atoms with Gasteiger partial charge in [-0.3, -0.25) is 4.79 Å². The summed E-state index contributed by atoms with van der Waals surface area (Å²) in [5.41, 5.74) is 6.43. The molecule has 19 heavy (non-hydrogen) atoms. The molecule has 4 heteroatoms. The number of carbonyl (C=O) groups excluding carboxylic acids is 1. The van der Waals surface area contributed by atoms with Crippen LogP contribution in [-0.4, -0.2) is 18.2 Å². The molecule has 1 aliphatic carbocycles. The van der Waals surface area contributed by atoms with Crippen molar-refractivity contribution in [2.45, 2.75) is 37.5 Å². The number of hydrogen-bond donors (Lipinski definition) is 2. The number of carbonyl (C=O) groups is 1. The lowest BCUT2D eigenvalue weighted by Crippen LogP contribution is -2.40. The van der Waals surface area contributed by atoms with Gasteiger partial charge in [-0.1, -0.05) is 31.9 Å². The number of hydrogen-bond acceptors (Lipinski definition) is 3. The fourth-order valence-electron chi connectivity index (χ4n) is 2.68. The van der Waals surface area contributed by atoms with E-state index in [9.17, 15) is 4.79 Å². The number of rotatable bonds is 5. The third kappa shape index (κ3) is 3.12. The number of para-hydroxylation sites is 1. The largest absolute Gasteiger partial charge is 0.329 e. The van der Waals surface area contributed by atoms with Crippen LogP contribution in [0.3, 0.4) is 0 Å². The molecule has 3 nitrogen and oxygen atoms in total. The Hall–Kier alpha value is -1.00. The van der Waals surface area contributed by atoms with Crippen molar-refractivity contribution in [3.05, 3.63) is 24.3 Å². The highest BCUT2D eigenvalue weighted by Gasteiger charge is 2.39. The summed E-state index contributed by atoms with van der Waals surface area (Å²) >= 11 is 1.75. The minimum Gasteiger partial charge on any atom is -0.329 e. The maximum absolute atomic E-state index is 12.5. The van der Waals surface area contributed by atoms with Crippen LogP contribution in [0, 0.1) is 5.41 Å². The summed E-state index contributed by atoms with van der Waals surface area (Å²) in [5, 5.41) is 3.09. The molecule has 1 aromatic rings. The van der Waals surface area contributed by atoms with E-state index in [1.807, 2.05) is 24.3 Å². The van der Waals surface area contributed by atoms with Gasteiger partial charge < -0.3 is 11.1 Å². The van der Waals surface area contributed by atoms with E-state index in [1.54, 1.807) is 11.8 Å². The highest BCUT2D eigenvalue weighted by atomic mass is 32.2. The highest BCUT2D eigenvalue weighted by molar-refractivity contribution is 7.99. The fraction of sp³-hybridized carbons (Fsp3) is 0.533. The topological polar surface area (TPSA) is 55.1 Å². The van der Waals surface area contributed by atoms with Crippen molar-refractivity contribution in [2.75, 3.05) is 17.6 Å². The van der Waals surface area contributed by atoms with Crippen LogP contribution in [-0.2, 0) is 4.79 Å². The molecule has 1 saturated carbocycles. The van der Waals surface area contributed by atoms with E-state index in [-0.39, 0.29) is 11.3 Å². The molecule has 0 atom stereocenters. The van der Waals surface area contributed by atoms with Gasteiger partial charge in [0.05, 0.1) is 11.1 Å². The molecule has 0 saturated heterocycles. The number of amides is 1. The monoisotopic (exact) mass is 278 g/mol. The molecule has 1 fully saturated rings. The first-order chi connectivity index (χ1) is 9.22. The van der Waals surface area contributed by atoms with Crippen molar-refractivity contribution in [1.82, 2.24) is 0 Å². The van der Waals surface area contributed by atoms with E-state index < -0.39 is 0 Å². The van der Waals surface area contributed by atoms with Crippen LogP contribution in [0.4, 0.5) is 5.69 Å². The lowest BCUT2D eigenvalue weighted by atomic mass is 9.85. The number of nitrogens with one attached hydrogen (secondary N) is 1. The standard InChI is InChI=1S/C15H22N2OS/c1-2-19-13-8-4-3-7-12(13)17-14(18)15(11-16)9-5-6-10-15/h3-4,7-8H,2,5-6,9-11,16H2,1H3,(H,17,18). The molecular weight excluding hydrogens is 256 g/mol. The van der Waals surface area contributed by atoms with Gasteiger partial charge in [-0.15, -0.1) is 11.8 Å². The van der Waals surface area contributed by atoms with Gasteiger partial charge in [-0.2, -0.15) is 0 Å². The number of nitrogens with two attached hydrogens (primary N) is 1. The molecule has 1 aliphatic rings. The van der Waals surface area contributed by atoms with E-state index in [0.717, 1.165) is 42.0 Å². The molecule has 104 valence electrons. The van der Waals surface area contributed by atoms with Crippen molar-refractivity contribution in [3.8, 4) is 0 Å². The summed E-state index contributed by atoms with van der Waals surface area (Å²) < 4.78 is 0. The van der Waals surface area contributed by atoms with Crippen LogP contribution >= 0.6 is 11.8 Å². The van der Waals surface area contributed by atoms with Gasteiger partial charge >= 0.3 is 0 Å². The van der Waals surface area contributed by atoms with Crippen LogP contribution in [0.2, 0.25) is 0 Å². The maximum atomic E-state index is 12.5. The van der Waals surface area contributed by atoms with Crippen molar-refractivity contribution < 1.29 is 4.79 Å². The SMILES string of the molecule is CCSc1ccccc1NC(=O)C1(CN)CCCC1. The van der Waals surface area contributed by atoms with E-state index in [0.29, 0.717) is 6.54 Å². The van der Waals surface area contributed by atoms with Gasteiger partial charge in [0, 0.05) is 11.4 Å². The number of thioether (sulfide) groups is 1. The third-order valence-corrected chi connectivity index (χ3v) is 4.82. The molecule has 0 radical (unpaired) electrons. The van der Waals surface area contributed by atoms with Crippen LogP contribution < -0.4 is 11.1 Å². The second-order valence-electron chi connectivity index (χ2n) is 5.07. The van der Waals surface area contributed by atoms with Gasteiger partial charge in [0.2, 0.25) is 5.91 Å². The molecule has 3 N–H and O–H groups in total. The molecule has 0 spiro atoms. The average molecular weight is 278 g/mol. The van der Waals surface area contributed by atoms with E-state index in [2.05, 4.69) is 12.2 Å². The Morgan fingerprint density at radius 2 is 2.05 bits per heavy atom. The average Bonchev–Trinajstić information content (AvgIpc) is 2.91. The molecule has 0 aromatic heterocycles. The Labute approximate surface area is 119 Å². The van der Waals surface area contributed by atoms with Crippen molar-refractivity contribution in [1.29, 1.82) is 0 Å². The summed E-state index contributed by atoms with van der Waals surface area (Å²) in [6.07, 6.45) is 4.04. The predicted molar refractivity (Wildman–Crippen MR) is 81.4 cm³/mol. The summed E-state index contributed by atoms with van der Waals surface area (Å²) in [6.45, 7) is 2.56. The quantitative estimate of drug-likeness (QED) is 0.813. The molecular formula is C15H22N2OS. The normalized spacial score (nSPS) is 17.4. The molecule has 2 rings (SSSR count). The van der Waals surface area contributed by atoms with Crippen LogP contribution in [0.15, 0.2) is 29.2 Å². The highest BCUT2D eigenvalue weighted by Crippen LogP contribution is 2.39. The molecule has 0 bridgehead atoms. The van der Waals surface area contributed by atoms with Gasteiger partial charge in [0.15, 0.2) is 0 Å². The second-order valence-corrected chi connectivity index (χ2v) is 6.38. The summed E-state index contributed by atoms with van der Waals surface area (Å²) in [5.74, 6) is 1.09. The number of benzene rings is 1. The van der Waals surface area contributed by atoms with Crippen molar-refractivity contribution in [2.24, 2.45) is 11.1 Å². The lowest BCUT2D eigenvalue weighted by molar-refractivity contribution is -0.124. The summed E-state index contributed by atoms with van der Waals surface area (Å²) in [6, 6.07) is 7.98. The first-order valence-corrected chi connectivity index (χ1v) is 7.94. The molecule has 1 amide bonds. The lowest BCUT2D eigenvalue weighted by Gasteiger charge is -2.26. The van der Waals surface area contributed by atoms with Crippen LogP contribution in [0.1, 0.15) is 32.6 Å². The first-order valence-electron chi connectivity index (χ1n) is 6.95. The van der Waals surface area contributed by atoms with E-state index in [1.165, 1.54) is 0 Å². The molecule has 0 aliphatic heterocycles. The minimum absolute atomic E-state index is 0.0941. The zero-order valence-electron chi connectivity index (χ0n) is 11.4. The summed E-state index contributed by atoms with van der Waals surface area (Å²) in [4.78, 5) is 13.7. The van der Waals surface area contributed by atoms with Crippen LogP contribution in [0.5, 0.6) is 0 Å². The number of anilines is 1. The molecule has 0 heterocycles. The fourth-order valence-corrected chi connectivity index (χ4v) is 3.44. The van der Waals surface area contributed by atoms with E-state index in [4.69, 9.17) is 5.73 Å². The predicted octanol–water partition coefficient (Wildman–Crippen LogP) is 3.26. The zero-order valence-corrected chi connectivity index (χ0v) is 12.3.